The number of carboxylic acid groups (broad SMARTS) is 1. The van der Waals surface area contributed by atoms with Crippen LogP contribution in [0.4, 0.5) is 5.69 Å². The summed E-state index contributed by atoms with van der Waals surface area (Å²) >= 11 is 0. The van der Waals surface area contributed by atoms with Crippen molar-refractivity contribution in [2.75, 3.05) is 18.5 Å². The predicted octanol–water partition coefficient (Wildman–Crippen LogP) is 0.263. The van der Waals surface area contributed by atoms with Gasteiger partial charge >= 0.3 is 17.9 Å². The molecule has 0 bridgehead atoms. The monoisotopic (exact) mass is 430 g/mol. The highest BCUT2D eigenvalue weighted by atomic mass is 32.2. The molecule has 0 saturated carbocycles. The van der Waals surface area contributed by atoms with E-state index in [-0.39, 0.29) is 36.6 Å². The summed E-state index contributed by atoms with van der Waals surface area (Å²) in [4.78, 5) is 45.6. The van der Waals surface area contributed by atoms with E-state index in [4.69, 9.17) is 14.6 Å². The smallest absolute Gasteiger partial charge is 0.335 e. The van der Waals surface area contributed by atoms with Gasteiger partial charge in [0.05, 0.1) is 24.5 Å². The second-order valence-corrected chi connectivity index (χ2v) is 7.24. The molecule has 0 radical (unpaired) electrons. The minimum Gasteiger partial charge on any atom is -0.481 e. The minimum atomic E-state index is -4.29. The molecule has 0 heterocycles. The van der Waals surface area contributed by atoms with E-state index in [0.29, 0.717) is 0 Å². The van der Waals surface area contributed by atoms with Crippen LogP contribution in [0.1, 0.15) is 26.7 Å². The van der Waals surface area contributed by atoms with Gasteiger partial charge in [-0.2, -0.15) is 4.72 Å². The van der Waals surface area contributed by atoms with Gasteiger partial charge in [-0.1, -0.05) is 0 Å². The van der Waals surface area contributed by atoms with E-state index < -0.39 is 39.9 Å². The van der Waals surface area contributed by atoms with Crippen LogP contribution in [-0.4, -0.2) is 56.6 Å². The molecular formula is C17H22N2O9S. The van der Waals surface area contributed by atoms with Crippen LogP contribution in [0.2, 0.25) is 0 Å². The molecule has 3 N–H and O–H groups in total. The van der Waals surface area contributed by atoms with Gasteiger partial charge in [-0.05, 0) is 38.1 Å². The number of carbonyl (C=O) groups excluding carboxylic acids is 3. The van der Waals surface area contributed by atoms with Crippen molar-refractivity contribution in [3.8, 4) is 0 Å². The number of esters is 2. The van der Waals surface area contributed by atoms with Crippen LogP contribution in [-0.2, 0) is 38.7 Å². The summed E-state index contributed by atoms with van der Waals surface area (Å²) in [5.74, 6) is -3.87. The molecule has 0 aliphatic heterocycles. The molecule has 11 nitrogen and oxygen atoms in total. The number of carboxylic acids is 1. The number of aliphatic carboxylic acids is 1. The van der Waals surface area contributed by atoms with Gasteiger partial charge in [0, 0.05) is 12.1 Å². The zero-order valence-electron chi connectivity index (χ0n) is 15.8. The molecule has 1 aromatic carbocycles. The van der Waals surface area contributed by atoms with Gasteiger partial charge in [0.2, 0.25) is 22.0 Å². The van der Waals surface area contributed by atoms with Crippen molar-refractivity contribution < 1.29 is 42.2 Å². The lowest BCUT2D eigenvalue weighted by Gasteiger charge is -2.16. The molecule has 0 aliphatic rings. The lowest BCUT2D eigenvalue weighted by atomic mass is 10.2. The van der Waals surface area contributed by atoms with E-state index in [9.17, 15) is 27.6 Å². The molecule has 1 rings (SSSR count). The third kappa shape index (κ3) is 7.87. The van der Waals surface area contributed by atoms with Gasteiger partial charge in [0.15, 0.2) is 0 Å². The van der Waals surface area contributed by atoms with Crippen LogP contribution in [0.15, 0.2) is 29.2 Å². The van der Waals surface area contributed by atoms with Gasteiger partial charge in [-0.25, -0.2) is 18.0 Å². The molecule has 1 amide bonds. The average molecular weight is 430 g/mol. The molecule has 0 aromatic heterocycles. The van der Waals surface area contributed by atoms with Crippen molar-refractivity contribution >= 4 is 39.5 Å². The molecule has 0 spiro atoms. The van der Waals surface area contributed by atoms with Gasteiger partial charge in [0.1, 0.15) is 0 Å². The Balaban J connectivity index is 2.91. The number of hydrogen-bond acceptors (Lipinski definition) is 8. The standard InChI is InChI=1S/C17H22N2O9S/c1-3-27-16(23)15(17(24)28-4-2)19-29(25,26)12-7-5-11(6-8-12)18-13(20)9-10-14(21)22/h5-8,15,19H,3-4,9-10H2,1-2H3,(H,18,20)(H,21,22). The summed E-state index contributed by atoms with van der Waals surface area (Å²) in [6.45, 7) is 2.87. The summed E-state index contributed by atoms with van der Waals surface area (Å²) < 4.78 is 36.3. The Hall–Kier alpha value is -2.99. The Kier molecular flexibility index (Phi) is 9.22. The van der Waals surface area contributed by atoms with Gasteiger partial charge in [-0.15, -0.1) is 0 Å². The molecule has 0 unspecified atom stereocenters. The van der Waals surface area contributed by atoms with E-state index >= 15 is 0 Å². The van der Waals surface area contributed by atoms with Gasteiger partial charge in [0.25, 0.3) is 0 Å². The fraction of sp³-hybridized carbons (Fsp3) is 0.412. The van der Waals surface area contributed by atoms with Crippen molar-refractivity contribution in [3.05, 3.63) is 24.3 Å². The second kappa shape index (κ2) is 11.1. The Morgan fingerprint density at radius 2 is 1.48 bits per heavy atom. The fourth-order valence-corrected chi connectivity index (χ4v) is 3.16. The summed E-state index contributed by atoms with van der Waals surface area (Å²) in [6, 6.07) is 2.97. The summed E-state index contributed by atoms with van der Waals surface area (Å²) in [5, 5.41) is 11.0. The highest BCUT2D eigenvalue weighted by Crippen LogP contribution is 2.15. The fourth-order valence-electron chi connectivity index (χ4n) is 2.03. The molecule has 0 atom stereocenters. The van der Waals surface area contributed by atoms with Crippen LogP contribution in [0.3, 0.4) is 0 Å². The number of rotatable bonds is 11. The van der Waals surface area contributed by atoms with Gasteiger partial charge in [-0.3, -0.25) is 9.59 Å². The molecule has 12 heteroatoms. The lowest BCUT2D eigenvalue weighted by molar-refractivity contribution is -0.157. The highest BCUT2D eigenvalue weighted by Gasteiger charge is 2.34. The number of anilines is 1. The largest absolute Gasteiger partial charge is 0.481 e. The first-order valence-electron chi connectivity index (χ1n) is 8.58. The summed E-state index contributed by atoms with van der Waals surface area (Å²) in [6.07, 6.45) is -0.580. The van der Waals surface area contributed by atoms with E-state index in [1.54, 1.807) is 0 Å². The summed E-state index contributed by atoms with van der Waals surface area (Å²) in [5.41, 5.74) is 0.242. The maximum absolute atomic E-state index is 12.5. The zero-order valence-corrected chi connectivity index (χ0v) is 16.7. The third-order valence-corrected chi connectivity index (χ3v) is 4.77. The predicted molar refractivity (Wildman–Crippen MR) is 99.3 cm³/mol. The first kappa shape index (κ1) is 24.0. The molecule has 0 aliphatic carbocycles. The van der Waals surface area contributed by atoms with Crippen molar-refractivity contribution in [3.63, 3.8) is 0 Å². The van der Waals surface area contributed by atoms with E-state index in [1.807, 2.05) is 4.72 Å². The average Bonchev–Trinajstić information content (AvgIpc) is 2.65. The number of sulfonamides is 1. The normalized spacial score (nSPS) is 11.0. The number of amides is 1. The molecule has 1 aromatic rings. The number of ether oxygens (including phenoxy) is 2. The maximum atomic E-state index is 12.5. The van der Waals surface area contributed by atoms with Crippen molar-refractivity contribution in [1.29, 1.82) is 0 Å². The Morgan fingerprint density at radius 3 is 1.93 bits per heavy atom. The first-order chi connectivity index (χ1) is 13.6. The lowest BCUT2D eigenvalue weighted by Crippen LogP contribution is -2.48. The van der Waals surface area contributed by atoms with E-state index in [0.717, 1.165) is 12.1 Å². The highest BCUT2D eigenvalue weighted by molar-refractivity contribution is 7.89. The van der Waals surface area contributed by atoms with Crippen LogP contribution in [0, 0.1) is 0 Å². The van der Waals surface area contributed by atoms with E-state index in [1.165, 1.54) is 26.0 Å². The van der Waals surface area contributed by atoms with Gasteiger partial charge < -0.3 is 19.9 Å². The molecule has 0 saturated heterocycles. The minimum absolute atomic E-state index is 0.0628. The Bertz CT molecular complexity index is 832. The summed E-state index contributed by atoms with van der Waals surface area (Å²) in [7, 11) is -4.29. The van der Waals surface area contributed by atoms with Crippen LogP contribution in [0.5, 0.6) is 0 Å². The van der Waals surface area contributed by atoms with E-state index in [2.05, 4.69) is 5.32 Å². The first-order valence-corrected chi connectivity index (χ1v) is 10.1. The number of nitrogens with one attached hydrogen (secondary N) is 2. The zero-order chi connectivity index (χ0) is 22.0. The van der Waals surface area contributed by atoms with Crippen LogP contribution >= 0.6 is 0 Å². The molecule has 29 heavy (non-hydrogen) atoms. The molecular weight excluding hydrogens is 408 g/mol. The van der Waals surface area contributed by atoms with Crippen LogP contribution < -0.4 is 10.0 Å². The Morgan fingerprint density at radius 1 is 0.966 bits per heavy atom. The number of carbonyl (C=O) groups is 4. The van der Waals surface area contributed by atoms with Crippen molar-refractivity contribution in [2.45, 2.75) is 37.6 Å². The SMILES string of the molecule is CCOC(=O)C(NS(=O)(=O)c1ccc(NC(=O)CCC(=O)O)cc1)C(=O)OCC. The third-order valence-electron chi connectivity index (χ3n) is 3.33. The number of hydrogen-bond donors (Lipinski definition) is 3. The maximum Gasteiger partial charge on any atom is 0.335 e. The quantitative estimate of drug-likeness (QED) is 0.330. The topological polar surface area (TPSA) is 165 Å². The molecule has 0 fully saturated rings. The second-order valence-electron chi connectivity index (χ2n) is 5.52. The van der Waals surface area contributed by atoms with Crippen molar-refractivity contribution in [2.24, 2.45) is 0 Å². The van der Waals surface area contributed by atoms with Crippen LogP contribution in [0.25, 0.3) is 0 Å². The number of benzene rings is 1. The molecule has 160 valence electrons. The Labute approximate surface area is 167 Å². The van der Waals surface area contributed by atoms with Crippen molar-refractivity contribution in [1.82, 2.24) is 4.72 Å².